The lowest BCUT2D eigenvalue weighted by Crippen LogP contribution is -2.36. The Morgan fingerprint density at radius 2 is 0.620 bits per heavy atom. The van der Waals surface area contributed by atoms with Crippen molar-refractivity contribution in [2.75, 3.05) is 0 Å². The van der Waals surface area contributed by atoms with Crippen LogP contribution in [0.2, 0.25) is 188 Å². The van der Waals surface area contributed by atoms with Gasteiger partial charge in [-0.3, -0.25) is 0 Å². The zero-order chi connectivity index (χ0) is 41.3. The van der Waals surface area contributed by atoms with Crippen LogP contribution in [0.25, 0.3) is 0 Å². The molecule has 0 bridgehead atoms. The van der Waals surface area contributed by atoms with Crippen molar-refractivity contribution in [3.63, 3.8) is 0 Å². The Balaban J connectivity index is -0.000000179. The molecule has 0 aromatic rings. The second-order valence-corrected chi connectivity index (χ2v) is 65.2. The molecular formula is C29H96O7Si14. The molecule has 2 atom stereocenters. The van der Waals surface area contributed by atoms with E-state index in [1.807, 2.05) is 0 Å². The molecule has 0 rings (SSSR count). The first-order valence-electron chi connectivity index (χ1n) is 19.3. The molecule has 0 aliphatic rings. The van der Waals surface area contributed by atoms with E-state index in [4.69, 9.17) is 28.8 Å². The van der Waals surface area contributed by atoms with E-state index in [0.29, 0.717) is 0 Å². The fraction of sp³-hybridized carbons (Fsp3) is 1.00. The molecule has 50 heavy (non-hydrogen) atoms. The van der Waals surface area contributed by atoms with Crippen LogP contribution in [0.1, 0.15) is 0 Å². The molecule has 0 aromatic carbocycles. The van der Waals surface area contributed by atoms with Gasteiger partial charge in [-0.1, -0.05) is 13.1 Å². The maximum absolute atomic E-state index is 6.17. The minimum atomic E-state index is -1.29. The first-order valence-corrected chi connectivity index (χ1v) is 56.0. The maximum atomic E-state index is 6.17. The van der Waals surface area contributed by atoms with Gasteiger partial charge in [-0.2, -0.15) is 0 Å². The highest BCUT2D eigenvalue weighted by molar-refractivity contribution is 6.79. The number of hydrogen-bond donors (Lipinski definition) is 0. The Morgan fingerprint density at radius 3 is 0.740 bits per heavy atom. The molecule has 7 nitrogen and oxygen atoms in total. The van der Waals surface area contributed by atoms with Gasteiger partial charge >= 0.3 is 0 Å². The average Bonchev–Trinajstić information content (AvgIpc) is 2.81. The molecule has 310 valence electrons. The average molecular weight is 950 g/mol. The summed E-state index contributed by atoms with van der Waals surface area (Å²) in [6, 6.07) is 5.28. The van der Waals surface area contributed by atoms with Crippen molar-refractivity contribution in [2.24, 2.45) is 0 Å². The molecule has 0 aromatic heterocycles. The van der Waals surface area contributed by atoms with E-state index < -0.39 is 76.3 Å². The summed E-state index contributed by atoms with van der Waals surface area (Å²) >= 11 is 0. The third-order valence-electron chi connectivity index (χ3n) is 5.47. The smallest absolute Gasteiger partial charge is 0.170 e. The first kappa shape index (κ1) is 62.0. The summed E-state index contributed by atoms with van der Waals surface area (Å²) in [7, 11) is -9.90. The minimum Gasteiger partial charge on any atom is -0.464 e. The SMILES string of the molecule is C[SiH2]O[Si](C)(C)C.C[SiH2]O[Si](C)(C)C.C[SiH](CC[SiH](C)O[Si](C)(C)C)O[Si](C)(C)C.C[Si](C)(C)O[SiH2]CC[SiH2]O[Si](C)(C)C.C[Si](C)(C)O[SiH3]. The monoisotopic (exact) mass is 948 g/mol. The van der Waals surface area contributed by atoms with Crippen LogP contribution in [0, 0.1) is 0 Å². The van der Waals surface area contributed by atoms with E-state index in [1.165, 1.54) is 24.2 Å². The van der Waals surface area contributed by atoms with Crippen LogP contribution < -0.4 is 0 Å². The van der Waals surface area contributed by atoms with E-state index >= 15 is 0 Å². The molecule has 0 heterocycles. The van der Waals surface area contributed by atoms with Crippen molar-refractivity contribution in [1.29, 1.82) is 0 Å². The predicted molar refractivity (Wildman–Crippen MR) is 272 cm³/mol. The molecular weight excluding hydrogens is 854 g/mol. The van der Waals surface area contributed by atoms with Crippen LogP contribution in [0.4, 0.5) is 0 Å². The Labute approximate surface area is 340 Å². The van der Waals surface area contributed by atoms with Gasteiger partial charge in [0.05, 0.1) is 0 Å². The van der Waals surface area contributed by atoms with Gasteiger partial charge in [0.15, 0.2) is 76.3 Å². The largest absolute Gasteiger partial charge is 0.464 e. The molecule has 0 aliphatic carbocycles. The Bertz CT molecular complexity index is 699. The first-order chi connectivity index (χ1) is 21.9. The quantitative estimate of drug-likeness (QED) is 0.101. The lowest BCUT2D eigenvalue weighted by molar-refractivity contribution is 0.561. The van der Waals surface area contributed by atoms with Crippen molar-refractivity contribution < 1.29 is 28.8 Å². The lowest BCUT2D eigenvalue weighted by atomic mass is 10.9. The number of rotatable bonds is 19. The van der Waals surface area contributed by atoms with Crippen LogP contribution in [0.15, 0.2) is 0 Å². The molecule has 0 saturated carbocycles. The van der Waals surface area contributed by atoms with E-state index in [1.54, 1.807) is 0 Å². The van der Waals surface area contributed by atoms with Crippen molar-refractivity contribution >= 4 is 126 Å². The van der Waals surface area contributed by atoms with Gasteiger partial charge in [0.25, 0.3) is 0 Å². The molecule has 0 spiro atoms. The fourth-order valence-corrected chi connectivity index (χ4v) is 32.6. The van der Waals surface area contributed by atoms with Crippen LogP contribution in [0.3, 0.4) is 0 Å². The highest BCUT2D eigenvalue weighted by atomic mass is 28.4. The lowest BCUT2D eigenvalue weighted by Gasteiger charge is -2.26. The minimum absolute atomic E-state index is 0.128. The molecule has 0 aliphatic heterocycles. The van der Waals surface area contributed by atoms with Crippen LogP contribution >= 0.6 is 0 Å². The molecule has 0 radical (unpaired) electrons. The van der Waals surface area contributed by atoms with Gasteiger partial charge in [-0.15, -0.1) is 0 Å². The van der Waals surface area contributed by atoms with Gasteiger partial charge in [0, 0.05) is 0 Å². The fourth-order valence-electron chi connectivity index (χ4n) is 3.62. The van der Waals surface area contributed by atoms with Crippen molar-refractivity contribution in [2.45, 2.75) is 188 Å². The van der Waals surface area contributed by atoms with Gasteiger partial charge in [-0.25, -0.2) is 0 Å². The summed E-state index contributed by atoms with van der Waals surface area (Å²) in [4.78, 5) is 0. The molecule has 0 amide bonds. The zero-order valence-corrected chi connectivity index (χ0v) is 56.1. The summed E-state index contributed by atoms with van der Waals surface area (Å²) in [5.74, 6) is 0. The third-order valence-corrected chi connectivity index (χ3v) is 42.6. The molecule has 0 saturated heterocycles. The normalized spacial score (nSPS) is 15.1. The van der Waals surface area contributed by atoms with Gasteiger partial charge in [0.1, 0.15) is 49.5 Å². The second kappa shape index (κ2) is 30.8. The van der Waals surface area contributed by atoms with Gasteiger partial charge in [0.2, 0.25) is 0 Å². The van der Waals surface area contributed by atoms with Crippen molar-refractivity contribution in [1.82, 2.24) is 0 Å². The zero-order valence-electron chi connectivity index (χ0n) is 39.2. The van der Waals surface area contributed by atoms with Crippen LogP contribution in [0.5, 0.6) is 0 Å². The predicted octanol–water partition coefficient (Wildman–Crippen LogP) is 7.15. The molecule has 21 heteroatoms. The summed E-state index contributed by atoms with van der Waals surface area (Å²) in [6.07, 6.45) is 0. The maximum Gasteiger partial charge on any atom is 0.170 e. The topological polar surface area (TPSA) is 64.6 Å². The van der Waals surface area contributed by atoms with Crippen LogP contribution in [-0.2, 0) is 28.8 Å². The molecule has 0 N–H and O–H groups in total. The summed E-state index contributed by atoms with van der Waals surface area (Å²) in [5, 5.41) is 0. The van der Waals surface area contributed by atoms with E-state index in [2.05, 4.69) is 164 Å². The summed E-state index contributed by atoms with van der Waals surface area (Å²) in [6.45, 7) is 56.3. The summed E-state index contributed by atoms with van der Waals surface area (Å²) in [5.41, 5.74) is 0. The molecule has 2 unspecified atom stereocenters. The van der Waals surface area contributed by atoms with Crippen molar-refractivity contribution in [3.05, 3.63) is 0 Å². The van der Waals surface area contributed by atoms with Gasteiger partial charge < -0.3 is 28.8 Å². The Hall–Kier alpha value is 2.76. The third kappa shape index (κ3) is 79.5. The number of hydrogen-bond acceptors (Lipinski definition) is 7. The van der Waals surface area contributed by atoms with E-state index in [9.17, 15) is 0 Å². The summed E-state index contributed by atoms with van der Waals surface area (Å²) < 4.78 is 40.4. The van der Waals surface area contributed by atoms with Gasteiger partial charge in [-0.05, 0) is 175 Å². The second-order valence-electron chi connectivity index (χ2n) is 19.7. The highest BCUT2D eigenvalue weighted by Gasteiger charge is 2.22. The van der Waals surface area contributed by atoms with E-state index in [-0.39, 0.29) is 39.1 Å². The Morgan fingerprint density at radius 1 is 0.400 bits per heavy atom. The van der Waals surface area contributed by atoms with Crippen molar-refractivity contribution in [3.8, 4) is 0 Å². The van der Waals surface area contributed by atoms with Crippen LogP contribution in [-0.4, -0.2) is 126 Å². The Kier molecular flexibility index (Phi) is 38.2. The highest BCUT2D eigenvalue weighted by Crippen LogP contribution is 2.14. The molecule has 0 fully saturated rings. The van der Waals surface area contributed by atoms with E-state index in [0.717, 1.165) is 10.5 Å². The standard InChI is InChI=1S/C10H30O2Si4.C8H26O2Si4.2C4H14OSi2.C3H12OSi2/c1-13(11-15(3,4)5)9-10-14(2)12-16(6,7)8;1-13(2,3)9-11-7-8-12-10-14(4,5)6;2*1-6-5-7(2,3)4;1-6(2,3)4-5/h13-14H,9-10H2,1-8H3;7-8,11-12H2,1-6H3;2*6H2,1-4H3;1-3,5H3.